The zero-order chi connectivity index (χ0) is 14.4. The van der Waals surface area contributed by atoms with Gasteiger partial charge in [-0.2, -0.15) is 17.0 Å². The quantitative estimate of drug-likeness (QED) is 0.840. The van der Waals surface area contributed by atoms with E-state index in [0.717, 1.165) is 5.75 Å². The summed E-state index contributed by atoms with van der Waals surface area (Å²) in [6.45, 7) is 4.51. The summed E-state index contributed by atoms with van der Waals surface area (Å²) >= 11 is 1.54. The average Bonchev–Trinajstić information content (AvgIpc) is 2.38. The summed E-state index contributed by atoms with van der Waals surface area (Å²) in [7, 11) is 0. The third-order valence-electron chi connectivity index (χ3n) is 2.99. The van der Waals surface area contributed by atoms with Gasteiger partial charge in [-0.15, -0.1) is 0 Å². The zero-order valence-corrected chi connectivity index (χ0v) is 12.0. The van der Waals surface area contributed by atoms with Gasteiger partial charge in [0.2, 0.25) is 0 Å². The van der Waals surface area contributed by atoms with Crippen LogP contribution in [0.25, 0.3) is 0 Å². The van der Waals surface area contributed by atoms with Gasteiger partial charge in [-0.25, -0.2) is 9.59 Å². The fourth-order valence-corrected chi connectivity index (χ4v) is 2.99. The van der Waals surface area contributed by atoms with E-state index in [4.69, 9.17) is 5.26 Å². The number of thioether (sulfide) groups is 1. The van der Waals surface area contributed by atoms with E-state index in [9.17, 15) is 14.7 Å². The third-order valence-corrected chi connectivity index (χ3v) is 4.02. The molecule has 19 heavy (non-hydrogen) atoms. The van der Waals surface area contributed by atoms with Gasteiger partial charge in [0.05, 0.1) is 12.5 Å². The van der Waals surface area contributed by atoms with Crippen molar-refractivity contribution in [2.24, 2.45) is 0 Å². The molecule has 7 heteroatoms. The summed E-state index contributed by atoms with van der Waals surface area (Å²) < 4.78 is 0. The summed E-state index contributed by atoms with van der Waals surface area (Å²) in [6, 6.07) is 0.912. The molecule has 0 aromatic rings. The summed E-state index contributed by atoms with van der Waals surface area (Å²) in [6.07, 6.45) is 0.254. The molecule has 1 fully saturated rings. The van der Waals surface area contributed by atoms with Crippen LogP contribution in [0.3, 0.4) is 0 Å². The van der Waals surface area contributed by atoms with Crippen molar-refractivity contribution in [2.45, 2.75) is 32.4 Å². The molecule has 1 N–H and O–H groups in total. The molecule has 0 aliphatic carbocycles. The molecule has 2 amide bonds. The molecule has 1 heterocycles. The van der Waals surface area contributed by atoms with Gasteiger partial charge in [0.25, 0.3) is 0 Å². The van der Waals surface area contributed by atoms with Gasteiger partial charge < -0.3 is 14.9 Å². The summed E-state index contributed by atoms with van der Waals surface area (Å²) in [5.74, 6) is 0.204. The van der Waals surface area contributed by atoms with Gasteiger partial charge >= 0.3 is 12.0 Å². The normalized spacial score (nSPS) is 19.1. The minimum absolute atomic E-state index is 0.0510. The Balaban J connectivity index is 2.81. The van der Waals surface area contributed by atoms with Crippen LogP contribution in [0, 0.1) is 11.3 Å². The van der Waals surface area contributed by atoms with E-state index in [-0.39, 0.29) is 18.5 Å². The van der Waals surface area contributed by atoms with Crippen LogP contribution in [0.1, 0.15) is 20.3 Å². The first-order valence-corrected chi connectivity index (χ1v) is 7.39. The first kappa shape index (κ1) is 15.6. The van der Waals surface area contributed by atoms with Gasteiger partial charge in [0.15, 0.2) is 0 Å². The topological polar surface area (TPSA) is 84.6 Å². The predicted octanol–water partition coefficient (Wildman–Crippen LogP) is 1.23. The minimum atomic E-state index is -0.968. The van der Waals surface area contributed by atoms with Gasteiger partial charge in [-0.1, -0.05) is 0 Å². The fraction of sp³-hybridized carbons (Fsp3) is 0.750. The van der Waals surface area contributed by atoms with E-state index in [0.29, 0.717) is 18.8 Å². The van der Waals surface area contributed by atoms with E-state index < -0.39 is 12.0 Å². The number of carbonyl (C=O) groups is 2. The molecular formula is C12H19N3O3S. The lowest BCUT2D eigenvalue weighted by molar-refractivity contribution is -0.141. The predicted molar refractivity (Wildman–Crippen MR) is 72.9 cm³/mol. The summed E-state index contributed by atoms with van der Waals surface area (Å²) in [5, 5.41) is 17.8. The van der Waals surface area contributed by atoms with Crippen LogP contribution in [-0.2, 0) is 4.79 Å². The first-order chi connectivity index (χ1) is 8.99. The smallest absolute Gasteiger partial charge is 0.327 e. The van der Waals surface area contributed by atoms with E-state index >= 15 is 0 Å². The van der Waals surface area contributed by atoms with Crippen molar-refractivity contribution in [1.29, 1.82) is 5.26 Å². The van der Waals surface area contributed by atoms with Crippen LogP contribution in [0.15, 0.2) is 0 Å². The molecule has 0 aromatic heterocycles. The molecule has 6 nitrogen and oxygen atoms in total. The lowest BCUT2D eigenvalue weighted by Crippen LogP contribution is -2.56. The monoisotopic (exact) mass is 285 g/mol. The number of carbonyl (C=O) groups excluding carboxylic acids is 1. The van der Waals surface area contributed by atoms with Crippen molar-refractivity contribution in [3.05, 3.63) is 0 Å². The van der Waals surface area contributed by atoms with Gasteiger partial charge in [0, 0.05) is 30.6 Å². The molecule has 1 aliphatic rings. The number of carboxylic acids is 1. The van der Waals surface area contributed by atoms with E-state index in [2.05, 4.69) is 0 Å². The molecule has 0 bridgehead atoms. The van der Waals surface area contributed by atoms with E-state index in [1.54, 1.807) is 16.7 Å². The Morgan fingerprint density at radius 3 is 2.79 bits per heavy atom. The maximum Gasteiger partial charge on any atom is 0.327 e. The van der Waals surface area contributed by atoms with Crippen LogP contribution < -0.4 is 0 Å². The fourth-order valence-electron chi connectivity index (χ4n) is 1.95. The Hall–Kier alpha value is -1.42. The summed E-state index contributed by atoms with van der Waals surface area (Å²) in [4.78, 5) is 26.6. The van der Waals surface area contributed by atoms with Crippen molar-refractivity contribution in [3.63, 3.8) is 0 Å². The Morgan fingerprint density at radius 2 is 2.26 bits per heavy atom. The molecule has 1 aliphatic heterocycles. The molecular weight excluding hydrogens is 266 g/mol. The largest absolute Gasteiger partial charge is 0.480 e. The highest BCUT2D eigenvalue weighted by Gasteiger charge is 2.35. The van der Waals surface area contributed by atoms with Crippen LogP contribution in [0.4, 0.5) is 4.79 Å². The van der Waals surface area contributed by atoms with Crippen molar-refractivity contribution in [3.8, 4) is 6.07 Å². The molecule has 106 valence electrons. The zero-order valence-electron chi connectivity index (χ0n) is 11.2. The Morgan fingerprint density at radius 1 is 1.58 bits per heavy atom. The van der Waals surface area contributed by atoms with Gasteiger partial charge in [-0.3, -0.25) is 0 Å². The van der Waals surface area contributed by atoms with Crippen molar-refractivity contribution < 1.29 is 14.7 Å². The minimum Gasteiger partial charge on any atom is -0.480 e. The number of rotatable bonds is 4. The molecule has 1 rings (SSSR count). The van der Waals surface area contributed by atoms with Gasteiger partial charge in [-0.05, 0) is 13.8 Å². The molecule has 0 saturated carbocycles. The van der Waals surface area contributed by atoms with Crippen LogP contribution in [0.2, 0.25) is 0 Å². The maximum atomic E-state index is 12.4. The lowest BCUT2D eigenvalue weighted by atomic mass is 10.2. The highest BCUT2D eigenvalue weighted by Crippen LogP contribution is 2.19. The Labute approximate surface area is 117 Å². The molecule has 0 spiro atoms. The molecule has 0 aromatic carbocycles. The Kier molecular flexibility index (Phi) is 5.96. The van der Waals surface area contributed by atoms with Crippen LogP contribution >= 0.6 is 11.8 Å². The second-order valence-electron chi connectivity index (χ2n) is 4.60. The standard InChI is InChI=1S/C12H19N3O3S/c1-9(2)14(5-3-4-13)12(18)15-6-7-19-8-10(15)11(16)17/h9-10H,3,5-8H2,1-2H3,(H,16,17). The lowest BCUT2D eigenvalue weighted by Gasteiger charge is -2.38. The summed E-state index contributed by atoms with van der Waals surface area (Å²) in [5.41, 5.74) is 0. The molecule has 0 radical (unpaired) electrons. The number of nitriles is 1. The van der Waals surface area contributed by atoms with Crippen LogP contribution in [-0.4, -0.2) is 63.6 Å². The second-order valence-corrected chi connectivity index (χ2v) is 5.75. The van der Waals surface area contributed by atoms with E-state index in [1.165, 1.54) is 4.90 Å². The molecule has 1 atom stereocenters. The van der Waals surface area contributed by atoms with Crippen molar-refractivity contribution >= 4 is 23.8 Å². The molecule has 1 saturated heterocycles. The van der Waals surface area contributed by atoms with E-state index in [1.807, 2.05) is 19.9 Å². The number of aliphatic carboxylic acids is 1. The molecule has 1 unspecified atom stereocenters. The maximum absolute atomic E-state index is 12.4. The van der Waals surface area contributed by atoms with Crippen molar-refractivity contribution in [1.82, 2.24) is 9.80 Å². The number of carboxylic acid groups (broad SMARTS) is 1. The number of nitrogens with zero attached hydrogens (tertiary/aromatic N) is 3. The number of hydrogen-bond donors (Lipinski definition) is 1. The number of hydrogen-bond acceptors (Lipinski definition) is 4. The van der Waals surface area contributed by atoms with Gasteiger partial charge in [0.1, 0.15) is 6.04 Å². The highest BCUT2D eigenvalue weighted by atomic mass is 32.2. The van der Waals surface area contributed by atoms with Crippen molar-refractivity contribution in [2.75, 3.05) is 24.6 Å². The SMILES string of the molecule is CC(C)N(CCC#N)C(=O)N1CCSCC1C(=O)O. The first-order valence-electron chi connectivity index (χ1n) is 6.23. The second kappa shape index (κ2) is 7.24. The average molecular weight is 285 g/mol. The van der Waals surface area contributed by atoms with Crippen LogP contribution in [0.5, 0.6) is 0 Å². The number of amides is 2. The third kappa shape index (κ3) is 4.03. The number of urea groups is 1. The Bertz CT molecular complexity index is 381. The highest BCUT2D eigenvalue weighted by molar-refractivity contribution is 7.99.